The summed E-state index contributed by atoms with van der Waals surface area (Å²) in [6.45, 7) is 0. The van der Waals surface area contributed by atoms with Gasteiger partial charge in [0, 0.05) is 22.4 Å². The minimum atomic E-state index is 0.196. The molecule has 80 valence electrons. The second-order valence-corrected chi connectivity index (χ2v) is 4.09. The van der Waals surface area contributed by atoms with Crippen LogP contribution in [0.5, 0.6) is 5.75 Å². The fourth-order valence-electron chi connectivity index (χ4n) is 1.20. The van der Waals surface area contributed by atoms with E-state index in [-0.39, 0.29) is 5.75 Å². The van der Waals surface area contributed by atoms with Crippen molar-refractivity contribution in [3.05, 3.63) is 52.8 Å². The molecule has 1 heterocycles. The molecule has 0 atom stereocenters. The zero-order valence-corrected chi connectivity index (χ0v) is 9.92. The number of benzene rings is 1. The number of hydrogen-bond donors (Lipinski definition) is 1. The Morgan fingerprint density at radius 1 is 1.31 bits per heavy atom. The van der Waals surface area contributed by atoms with Gasteiger partial charge in [-0.2, -0.15) is 0 Å². The number of rotatable bonds is 2. The molecule has 0 aliphatic heterocycles. The minimum Gasteiger partial charge on any atom is -0.507 e. The van der Waals surface area contributed by atoms with Gasteiger partial charge in [0.05, 0.1) is 11.9 Å². The molecule has 4 heteroatoms. The largest absolute Gasteiger partial charge is 0.507 e. The summed E-state index contributed by atoms with van der Waals surface area (Å²) >= 11 is 3.28. The van der Waals surface area contributed by atoms with Gasteiger partial charge in [-0.05, 0) is 30.3 Å². The van der Waals surface area contributed by atoms with E-state index in [2.05, 4.69) is 25.9 Å². The molecule has 0 fully saturated rings. The number of nitrogens with zero attached hydrogens (tertiary/aromatic N) is 2. The van der Waals surface area contributed by atoms with Crippen LogP contribution >= 0.6 is 15.9 Å². The standard InChI is InChI=1S/C12H9BrN2O/c13-10-4-3-9(12(16)6-10)7-15-11-2-1-5-14-8-11/h1-8,16H. The first-order valence-electron chi connectivity index (χ1n) is 4.68. The van der Waals surface area contributed by atoms with Crippen molar-refractivity contribution in [2.45, 2.75) is 0 Å². The Kier molecular flexibility index (Phi) is 3.31. The highest BCUT2D eigenvalue weighted by molar-refractivity contribution is 9.10. The molecular weight excluding hydrogens is 268 g/mol. The van der Waals surface area contributed by atoms with Gasteiger partial charge in [-0.15, -0.1) is 0 Å². The van der Waals surface area contributed by atoms with Crippen LogP contribution in [0.3, 0.4) is 0 Å². The van der Waals surface area contributed by atoms with Gasteiger partial charge in [-0.1, -0.05) is 15.9 Å². The van der Waals surface area contributed by atoms with Crippen LogP contribution in [0.1, 0.15) is 5.56 Å². The van der Waals surface area contributed by atoms with Crippen molar-refractivity contribution in [2.24, 2.45) is 4.99 Å². The lowest BCUT2D eigenvalue weighted by atomic mass is 10.2. The number of hydrogen-bond acceptors (Lipinski definition) is 3. The number of pyridine rings is 1. The zero-order valence-electron chi connectivity index (χ0n) is 8.34. The summed E-state index contributed by atoms with van der Waals surface area (Å²) in [5.41, 5.74) is 1.43. The monoisotopic (exact) mass is 276 g/mol. The van der Waals surface area contributed by atoms with E-state index < -0.39 is 0 Å². The van der Waals surface area contributed by atoms with Crippen LogP contribution < -0.4 is 0 Å². The first kappa shape index (κ1) is 10.8. The Morgan fingerprint density at radius 3 is 2.88 bits per heavy atom. The first-order valence-corrected chi connectivity index (χ1v) is 5.47. The minimum absolute atomic E-state index is 0.196. The van der Waals surface area contributed by atoms with E-state index in [9.17, 15) is 5.11 Å². The summed E-state index contributed by atoms with van der Waals surface area (Å²) in [6.07, 6.45) is 4.96. The maximum Gasteiger partial charge on any atom is 0.125 e. The summed E-state index contributed by atoms with van der Waals surface area (Å²) in [4.78, 5) is 8.15. The first-order chi connectivity index (χ1) is 7.75. The van der Waals surface area contributed by atoms with E-state index in [0.29, 0.717) is 5.56 Å². The molecule has 2 aromatic rings. The van der Waals surface area contributed by atoms with Crippen molar-refractivity contribution < 1.29 is 5.11 Å². The molecule has 3 nitrogen and oxygen atoms in total. The number of aromatic hydroxyl groups is 1. The van der Waals surface area contributed by atoms with Crippen molar-refractivity contribution in [3.8, 4) is 5.75 Å². The maximum atomic E-state index is 9.63. The Labute approximate surface area is 102 Å². The molecule has 0 unspecified atom stereocenters. The van der Waals surface area contributed by atoms with Gasteiger partial charge in [0.15, 0.2) is 0 Å². The van der Waals surface area contributed by atoms with Crippen LogP contribution in [0, 0.1) is 0 Å². The predicted octanol–water partition coefficient (Wildman–Crippen LogP) is 3.30. The average Bonchev–Trinajstić information content (AvgIpc) is 2.29. The van der Waals surface area contributed by atoms with Crippen molar-refractivity contribution in [3.63, 3.8) is 0 Å². The SMILES string of the molecule is Oc1cc(Br)ccc1C=Nc1cccnc1. The molecule has 0 saturated carbocycles. The highest BCUT2D eigenvalue weighted by Gasteiger charge is 1.98. The van der Waals surface area contributed by atoms with Gasteiger partial charge >= 0.3 is 0 Å². The Morgan fingerprint density at radius 2 is 2.19 bits per heavy atom. The summed E-state index contributed by atoms with van der Waals surface area (Å²) < 4.78 is 0.837. The van der Waals surface area contributed by atoms with Gasteiger partial charge in [0.2, 0.25) is 0 Å². The number of aliphatic imine (C=N–C) groups is 1. The van der Waals surface area contributed by atoms with E-state index >= 15 is 0 Å². The zero-order chi connectivity index (χ0) is 11.4. The molecule has 1 N–H and O–H groups in total. The fourth-order valence-corrected chi connectivity index (χ4v) is 1.55. The van der Waals surface area contributed by atoms with Gasteiger partial charge in [0.25, 0.3) is 0 Å². The van der Waals surface area contributed by atoms with Crippen LogP contribution in [0.2, 0.25) is 0 Å². The molecule has 1 aromatic heterocycles. The molecule has 1 aromatic carbocycles. The fraction of sp³-hybridized carbons (Fsp3) is 0. The Hall–Kier alpha value is -1.68. The van der Waals surface area contributed by atoms with Gasteiger partial charge in [0.1, 0.15) is 5.75 Å². The normalized spacial score (nSPS) is 10.8. The van der Waals surface area contributed by atoms with Crippen molar-refractivity contribution in [1.82, 2.24) is 4.98 Å². The predicted molar refractivity (Wildman–Crippen MR) is 67.3 cm³/mol. The third kappa shape index (κ3) is 2.67. The quantitative estimate of drug-likeness (QED) is 0.856. The number of halogens is 1. The van der Waals surface area contributed by atoms with Crippen LogP contribution in [0.4, 0.5) is 5.69 Å². The summed E-state index contributed by atoms with van der Waals surface area (Å²) in [7, 11) is 0. The number of phenolic OH excluding ortho intramolecular Hbond substituents is 1. The Bertz CT molecular complexity index is 512. The molecule has 0 bridgehead atoms. The van der Waals surface area contributed by atoms with E-state index in [1.54, 1.807) is 30.7 Å². The second-order valence-electron chi connectivity index (χ2n) is 3.17. The maximum absolute atomic E-state index is 9.63. The van der Waals surface area contributed by atoms with E-state index in [1.165, 1.54) is 0 Å². The lowest BCUT2D eigenvalue weighted by Gasteiger charge is -1.98. The van der Waals surface area contributed by atoms with E-state index in [1.807, 2.05) is 18.2 Å². The van der Waals surface area contributed by atoms with Gasteiger partial charge in [-0.3, -0.25) is 9.98 Å². The number of aromatic nitrogens is 1. The van der Waals surface area contributed by atoms with E-state index in [4.69, 9.17) is 0 Å². The highest BCUT2D eigenvalue weighted by atomic mass is 79.9. The Balaban J connectivity index is 2.24. The van der Waals surface area contributed by atoms with Crippen molar-refractivity contribution in [1.29, 1.82) is 0 Å². The van der Waals surface area contributed by atoms with Gasteiger partial charge in [-0.25, -0.2) is 0 Å². The van der Waals surface area contributed by atoms with Crippen molar-refractivity contribution in [2.75, 3.05) is 0 Å². The molecule has 16 heavy (non-hydrogen) atoms. The molecule has 0 aliphatic rings. The van der Waals surface area contributed by atoms with Crippen LogP contribution in [-0.4, -0.2) is 16.3 Å². The molecule has 0 aliphatic carbocycles. The molecule has 0 radical (unpaired) electrons. The van der Waals surface area contributed by atoms with Crippen LogP contribution in [-0.2, 0) is 0 Å². The van der Waals surface area contributed by atoms with Crippen LogP contribution in [0.15, 0.2) is 52.2 Å². The summed E-state index contributed by atoms with van der Waals surface area (Å²) in [6, 6.07) is 8.93. The molecule has 0 saturated heterocycles. The van der Waals surface area contributed by atoms with Crippen molar-refractivity contribution >= 4 is 27.8 Å². The topological polar surface area (TPSA) is 45.5 Å². The third-order valence-corrected chi connectivity index (χ3v) is 2.48. The van der Waals surface area contributed by atoms with Gasteiger partial charge < -0.3 is 5.11 Å². The lowest BCUT2D eigenvalue weighted by Crippen LogP contribution is -1.82. The summed E-state index contributed by atoms with van der Waals surface area (Å²) in [5, 5.41) is 9.63. The second kappa shape index (κ2) is 4.90. The average molecular weight is 277 g/mol. The molecule has 0 amide bonds. The van der Waals surface area contributed by atoms with E-state index in [0.717, 1.165) is 10.2 Å². The van der Waals surface area contributed by atoms with Crippen LogP contribution in [0.25, 0.3) is 0 Å². The molecular formula is C12H9BrN2O. The summed E-state index contributed by atoms with van der Waals surface area (Å²) in [5.74, 6) is 0.196. The lowest BCUT2D eigenvalue weighted by molar-refractivity contribution is 0.474. The molecule has 2 rings (SSSR count). The molecule has 0 spiro atoms. The number of phenols is 1. The third-order valence-electron chi connectivity index (χ3n) is 1.99. The highest BCUT2D eigenvalue weighted by Crippen LogP contribution is 2.21. The smallest absolute Gasteiger partial charge is 0.125 e.